The summed E-state index contributed by atoms with van der Waals surface area (Å²) in [6.45, 7) is 2.74. The quantitative estimate of drug-likeness (QED) is 0.807. The van der Waals surface area contributed by atoms with Crippen LogP contribution < -0.4 is 10.6 Å². The van der Waals surface area contributed by atoms with E-state index in [1.807, 2.05) is 0 Å². The highest BCUT2D eigenvalue weighted by molar-refractivity contribution is 7.18. The molecule has 0 aromatic carbocycles. The number of anilines is 1. The number of carbonyl (C=O) groups excluding carboxylic acids is 1. The third kappa shape index (κ3) is 5.14. The predicted molar refractivity (Wildman–Crippen MR) is 104 cm³/mol. The number of aryl methyl sites for hydroxylation is 1. The Bertz CT molecular complexity index is 692. The summed E-state index contributed by atoms with van der Waals surface area (Å²) in [6.07, 6.45) is 11.8. The minimum absolute atomic E-state index is 0.142. The lowest BCUT2D eigenvalue weighted by atomic mass is 9.96. The van der Waals surface area contributed by atoms with E-state index in [0.717, 1.165) is 35.3 Å². The van der Waals surface area contributed by atoms with E-state index in [4.69, 9.17) is 0 Å². The summed E-state index contributed by atoms with van der Waals surface area (Å²) in [4.78, 5) is 23.2. The minimum atomic E-state index is 0.142. The van der Waals surface area contributed by atoms with Crippen molar-refractivity contribution in [3.05, 3.63) is 17.3 Å². The Labute approximate surface area is 153 Å². The molecule has 0 radical (unpaired) electrons. The molecular weight excluding hydrogens is 332 g/mol. The van der Waals surface area contributed by atoms with Gasteiger partial charge in [0.25, 0.3) is 0 Å². The molecule has 3 rings (SSSR count). The van der Waals surface area contributed by atoms with Crippen molar-refractivity contribution >= 4 is 33.3 Å². The van der Waals surface area contributed by atoms with E-state index in [2.05, 4.69) is 33.6 Å². The molecule has 1 amide bonds. The van der Waals surface area contributed by atoms with E-state index in [9.17, 15) is 4.79 Å². The first-order chi connectivity index (χ1) is 12.3. The largest absolute Gasteiger partial charge is 0.369 e. The van der Waals surface area contributed by atoms with Crippen LogP contribution in [-0.4, -0.2) is 28.5 Å². The van der Waals surface area contributed by atoms with Gasteiger partial charge in [-0.3, -0.25) is 4.79 Å². The van der Waals surface area contributed by atoms with Crippen LogP contribution >= 0.6 is 11.3 Å². The molecule has 2 N–H and O–H groups in total. The van der Waals surface area contributed by atoms with Gasteiger partial charge in [-0.05, 0) is 25.3 Å². The van der Waals surface area contributed by atoms with Gasteiger partial charge in [-0.1, -0.05) is 39.0 Å². The molecule has 2 aromatic rings. The normalized spacial score (nSPS) is 16.4. The molecule has 0 bridgehead atoms. The second kappa shape index (κ2) is 9.13. The van der Waals surface area contributed by atoms with Crippen LogP contribution in [-0.2, 0) is 11.2 Å². The van der Waals surface area contributed by atoms with Gasteiger partial charge < -0.3 is 10.6 Å². The third-order valence-electron chi connectivity index (χ3n) is 4.84. The van der Waals surface area contributed by atoms with Crippen LogP contribution in [0.25, 0.3) is 10.2 Å². The summed E-state index contributed by atoms with van der Waals surface area (Å²) in [6, 6.07) is 2.51. The van der Waals surface area contributed by atoms with E-state index in [0.29, 0.717) is 19.0 Å². The van der Waals surface area contributed by atoms with Crippen molar-refractivity contribution in [3.63, 3.8) is 0 Å². The van der Waals surface area contributed by atoms with Gasteiger partial charge in [-0.2, -0.15) is 0 Å². The smallest absolute Gasteiger partial charge is 0.221 e. The van der Waals surface area contributed by atoms with Crippen LogP contribution in [0.5, 0.6) is 0 Å². The first-order valence-corrected chi connectivity index (χ1v) is 10.3. The maximum Gasteiger partial charge on any atom is 0.221 e. The summed E-state index contributed by atoms with van der Waals surface area (Å²) >= 11 is 1.71. The number of carbonyl (C=O) groups is 1. The zero-order valence-corrected chi connectivity index (χ0v) is 15.8. The Hall–Kier alpha value is -1.69. The number of fused-ring (bicyclic) bond motifs is 1. The van der Waals surface area contributed by atoms with Crippen LogP contribution in [0.2, 0.25) is 0 Å². The fourth-order valence-electron chi connectivity index (χ4n) is 3.42. The average Bonchev–Trinajstić information content (AvgIpc) is 3.01. The van der Waals surface area contributed by atoms with Crippen molar-refractivity contribution in [1.82, 2.24) is 15.3 Å². The van der Waals surface area contributed by atoms with Crippen molar-refractivity contribution in [1.29, 1.82) is 0 Å². The Morgan fingerprint density at radius 2 is 1.96 bits per heavy atom. The number of rotatable bonds is 6. The molecule has 136 valence electrons. The van der Waals surface area contributed by atoms with Crippen LogP contribution in [0.4, 0.5) is 5.82 Å². The molecule has 1 fully saturated rings. The SMILES string of the molecule is CCc1cc2c(NCCC(=O)NC3CCCCCCC3)ncnc2s1. The zero-order valence-electron chi connectivity index (χ0n) is 15.0. The van der Waals surface area contributed by atoms with Crippen LogP contribution in [0.3, 0.4) is 0 Å². The van der Waals surface area contributed by atoms with Crippen molar-refractivity contribution in [2.45, 2.75) is 70.8 Å². The molecule has 1 aliphatic carbocycles. The van der Waals surface area contributed by atoms with Crippen molar-refractivity contribution in [2.24, 2.45) is 0 Å². The van der Waals surface area contributed by atoms with Crippen molar-refractivity contribution < 1.29 is 4.79 Å². The van der Waals surface area contributed by atoms with E-state index in [-0.39, 0.29) is 5.91 Å². The molecule has 2 aromatic heterocycles. The van der Waals surface area contributed by atoms with Gasteiger partial charge in [0.1, 0.15) is 17.0 Å². The lowest BCUT2D eigenvalue weighted by molar-refractivity contribution is -0.121. The van der Waals surface area contributed by atoms with Gasteiger partial charge in [0, 0.05) is 23.9 Å². The number of nitrogens with one attached hydrogen (secondary N) is 2. The van der Waals surface area contributed by atoms with Crippen LogP contribution in [0.15, 0.2) is 12.4 Å². The van der Waals surface area contributed by atoms with Crippen LogP contribution in [0.1, 0.15) is 63.2 Å². The Kier molecular flexibility index (Phi) is 6.62. The number of thiophene rings is 1. The zero-order chi connectivity index (χ0) is 17.5. The van der Waals surface area contributed by atoms with Gasteiger partial charge in [-0.15, -0.1) is 11.3 Å². The molecular formula is C19H28N4OS. The molecule has 0 unspecified atom stereocenters. The lowest BCUT2D eigenvalue weighted by Crippen LogP contribution is -2.36. The maximum atomic E-state index is 12.2. The summed E-state index contributed by atoms with van der Waals surface area (Å²) in [5.74, 6) is 0.975. The highest BCUT2D eigenvalue weighted by atomic mass is 32.1. The molecule has 5 nitrogen and oxygen atoms in total. The van der Waals surface area contributed by atoms with Gasteiger partial charge in [-0.25, -0.2) is 9.97 Å². The summed E-state index contributed by atoms with van der Waals surface area (Å²) < 4.78 is 0. The number of hydrogen-bond donors (Lipinski definition) is 2. The van der Waals surface area contributed by atoms with Crippen molar-refractivity contribution in [3.8, 4) is 0 Å². The summed E-state index contributed by atoms with van der Waals surface area (Å²) in [5.41, 5.74) is 0. The van der Waals surface area contributed by atoms with E-state index in [1.165, 1.54) is 37.0 Å². The monoisotopic (exact) mass is 360 g/mol. The Morgan fingerprint density at radius 1 is 1.20 bits per heavy atom. The van der Waals surface area contributed by atoms with E-state index < -0.39 is 0 Å². The van der Waals surface area contributed by atoms with Gasteiger partial charge in [0.15, 0.2) is 0 Å². The molecule has 0 spiro atoms. The molecule has 1 aliphatic rings. The second-order valence-electron chi connectivity index (χ2n) is 6.79. The number of nitrogens with zero attached hydrogens (tertiary/aromatic N) is 2. The molecule has 2 heterocycles. The van der Waals surface area contributed by atoms with E-state index >= 15 is 0 Å². The number of hydrogen-bond acceptors (Lipinski definition) is 5. The average molecular weight is 361 g/mol. The fraction of sp³-hybridized carbons (Fsp3) is 0.632. The number of aromatic nitrogens is 2. The molecule has 0 aliphatic heterocycles. The topological polar surface area (TPSA) is 66.9 Å². The first-order valence-electron chi connectivity index (χ1n) is 9.53. The lowest BCUT2D eigenvalue weighted by Gasteiger charge is -2.21. The molecule has 6 heteroatoms. The summed E-state index contributed by atoms with van der Waals surface area (Å²) in [7, 11) is 0. The third-order valence-corrected chi connectivity index (χ3v) is 6.03. The van der Waals surface area contributed by atoms with Gasteiger partial charge in [0.2, 0.25) is 5.91 Å². The van der Waals surface area contributed by atoms with Gasteiger partial charge >= 0.3 is 0 Å². The standard InChI is InChI=1S/C19H28N4OS/c1-2-15-12-16-18(21-13-22-19(16)25-15)20-11-10-17(24)23-14-8-6-4-3-5-7-9-14/h12-14H,2-11H2,1H3,(H,23,24)(H,20,21,22). The minimum Gasteiger partial charge on any atom is -0.369 e. The summed E-state index contributed by atoms with van der Waals surface area (Å²) in [5, 5.41) is 7.58. The second-order valence-corrected chi connectivity index (χ2v) is 7.91. The highest BCUT2D eigenvalue weighted by Crippen LogP contribution is 2.28. The Morgan fingerprint density at radius 3 is 2.72 bits per heavy atom. The molecule has 25 heavy (non-hydrogen) atoms. The Balaban J connectivity index is 1.49. The predicted octanol–water partition coefficient (Wildman–Crippen LogP) is 4.28. The number of amides is 1. The van der Waals surface area contributed by atoms with Gasteiger partial charge in [0.05, 0.1) is 5.39 Å². The molecule has 1 saturated carbocycles. The fourth-order valence-corrected chi connectivity index (χ4v) is 4.35. The molecule has 0 saturated heterocycles. The molecule has 0 atom stereocenters. The van der Waals surface area contributed by atoms with Crippen molar-refractivity contribution in [2.75, 3.05) is 11.9 Å². The van der Waals surface area contributed by atoms with Crippen LogP contribution in [0, 0.1) is 0 Å². The highest BCUT2D eigenvalue weighted by Gasteiger charge is 2.14. The maximum absolute atomic E-state index is 12.2. The van der Waals surface area contributed by atoms with E-state index in [1.54, 1.807) is 17.7 Å². The first kappa shape index (κ1) is 18.1.